The highest BCUT2D eigenvalue weighted by atomic mass is 16.5. The largest absolute Gasteiger partial charge is 0.465 e. The quantitative estimate of drug-likeness (QED) is 0.519. The lowest BCUT2D eigenvalue weighted by Gasteiger charge is -2.39. The van der Waals surface area contributed by atoms with Crippen molar-refractivity contribution < 1.29 is 9.47 Å². The molecule has 6 rings (SSSR count). The van der Waals surface area contributed by atoms with Crippen LogP contribution in [0.25, 0.3) is 22.4 Å². The van der Waals surface area contributed by atoms with E-state index in [4.69, 9.17) is 20.2 Å². The first kappa shape index (κ1) is 18.5. The molecule has 0 saturated heterocycles. The van der Waals surface area contributed by atoms with Crippen molar-refractivity contribution in [3.63, 3.8) is 0 Å². The summed E-state index contributed by atoms with van der Waals surface area (Å²) < 4.78 is 11.8. The number of aliphatic imine (C=N–C) groups is 1. The molecule has 4 aromatic rings. The molecule has 0 bridgehead atoms. The summed E-state index contributed by atoms with van der Waals surface area (Å²) in [5, 5.41) is 0. The number of aromatic nitrogens is 3. The molecule has 0 aliphatic carbocycles. The maximum atomic E-state index is 6.28. The van der Waals surface area contributed by atoms with E-state index in [0.717, 1.165) is 39.3 Å². The van der Waals surface area contributed by atoms with Gasteiger partial charge < -0.3 is 15.2 Å². The number of ether oxygens (including phenoxy) is 2. The molecule has 5 heterocycles. The van der Waals surface area contributed by atoms with Crippen LogP contribution in [-0.2, 0) is 10.3 Å². The summed E-state index contributed by atoms with van der Waals surface area (Å²) in [6.07, 6.45) is 9.52. The van der Waals surface area contributed by atoms with Gasteiger partial charge in [-0.25, -0.2) is 4.99 Å². The second kappa shape index (κ2) is 7.16. The normalized spacial score (nSPS) is 18.7. The molecule has 0 radical (unpaired) electrons. The van der Waals surface area contributed by atoms with E-state index in [-0.39, 0.29) is 6.02 Å². The van der Waals surface area contributed by atoms with Crippen molar-refractivity contribution in [1.29, 1.82) is 0 Å². The first-order chi connectivity index (χ1) is 15.7. The second-order valence-corrected chi connectivity index (χ2v) is 7.77. The molecular weight excluding hydrogens is 402 g/mol. The average Bonchev–Trinajstić information content (AvgIpc) is 2.85. The van der Waals surface area contributed by atoms with Crippen LogP contribution in [0.15, 0.2) is 84.5 Å². The molecule has 0 fully saturated rings. The molecular formula is C25H19N5O2. The SMILES string of the molecule is NC1=NC2(CCO1)c1cc(-c3cccnc3)ccc1Oc1cnc(-c3cccnc3)cc12. The number of pyridine rings is 3. The van der Waals surface area contributed by atoms with Gasteiger partial charge >= 0.3 is 0 Å². The van der Waals surface area contributed by atoms with Crippen LogP contribution in [0.3, 0.4) is 0 Å². The van der Waals surface area contributed by atoms with Crippen molar-refractivity contribution in [2.45, 2.75) is 12.0 Å². The van der Waals surface area contributed by atoms with Crippen LogP contribution in [0.1, 0.15) is 17.5 Å². The standard InChI is InChI=1S/C25H19N5O2/c26-24-30-25(7-10-31-24)19-11-16(17-3-1-8-27-13-17)5-6-22(19)32-23-15-29-21(12-20(23)25)18-4-2-9-28-14-18/h1-6,8-9,11-15H,7,10H2,(H2,26,30). The van der Waals surface area contributed by atoms with Crippen LogP contribution in [0, 0.1) is 0 Å². The third kappa shape index (κ3) is 2.90. The van der Waals surface area contributed by atoms with E-state index in [1.807, 2.05) is 48.7 Å². The molecule has 0 saturated carbocycles. The van der Waals surface area contributed by atoms with Crippen LogP contribution in [0.4, 0.5) is 0 Å². The van der Waals surface area contributed by atoms with E-state index in [2.05, 4.69) is 21.0 Å². The molecule has 3 aromatic heterocycles. The van der Waals surface area contributed by atoms with Crippen LogP contribution in [-0.4, -0.2) is 27.6 Å². The van der Waals surface area contributed by atoms with Gasteiger partial charge in [-0.3, -0.25) is 15.0 Å². The molecule has 1 unspecified atom stereocenters. The minimum atomic E-state index is -0.733. The smallest absolute Gasteiger partial charge is 0.283 e. The van der Waals surface area contributed by atoms with Gasteiger partial charge in [-0.05, 0) is 42.0 Å². The molecule has 2 aliphatic rings. The molecule has 7 nitrogen and oxygen atoms in total. The van der Waals surface area contributed by atoms with E-state index < -0.39 is 5.54 Å². The fourth-order valence-electron chi connectivity index (χ4n) is 4.41. The monoisotopic (exact) mass is 421 g/mol. The third-order valence-corrected chi connectivity index (χ3v) is 5.93. The van der Waals surface area contributed by atoms with Crippen molar-refractivity contribution in [3.8, 4) is 33.9 Å². The van der Waals surface area contributed by atoms with Gasteiger partial charge in [-0.2, -0.15) is 0 Å². The molecule has 2 N–H and O–H groups in total. The molecule has 1 atom stereocenters. The average molecular weight is 421 g/mol. The number of hydrogen-bond donors (Lipinski definition) is 1. The molecule has 7 heteroatoms. The highest BCUT2D eigenvalue weighted by molar-refractivity contribution is 5.76. The van der Waals surface area contributed by atoms with Crippen molar-refractivity contribution in [2.24, 2.45) is 10.7 Å². The van der Waals surface area contributed by atoms with Gasteiger partial charge in [0.15, 0.2) is 5.75 Å². The highest BCUT2D eigenvalue weighted by Gasteiger charge is 2.45. The van der Waals surface area contributed by atoms with Crippen molar-refractivity contribution >= 4 is 6.02 Å². The Hall–Kier alpha value is -4.26. The fraction of sp³-hybridized carbons (Fsp3) is 0.120. The molecule has 156 valence electrons. The lowest BCUT2D eigenvalue weighted by molar-refractivity contribution is 0.219. The van der Waals surface area contributed by atoms with E-state index in [1.165, 1.54) is 0 Å². The van der Waals surface area contributed by atoms with Gasteiger partial charge in [0.1, 0.15) is 11.3 Å². The number of rotatable bonds is 2. The van der Waals surface area contributed by atoms with Gasteiger partial charge in [-0.15, -0.1) is 0 Å². The number of nitrogens with zero attached hydrogens (tertiary/aromatic N) is 4. The molecule has 1 spiro atoms. The predicted molar refractivity (Wildman–Crippen MR) is 120 cm³/mol. The number of fused-ring (bicyclic) bond motifs is 4. The van der Waals surface area contributed by atoms with Gasteiger partial charge in [0.05, 0.1) is 18.5 Å². The second-order valence-electron chi connectivity index (χ2n) is 7.77. The summed E-state index contributed by atoms with van der Waals surface area (Å²) >= 11 is 0. The van der Waals surface area contributed by atoms with Gasteiger partial charge in [0, 0.05) is 53.5 Å². The molecule has 32 heavy (non-hydrogen) atoms. The van der Waals surface area contributed by atoms with Crippen LogP contribution < -0.4 is 10.5 Å². The van der Waals surface area contributed by atoms with Crippen molar-refractivity contribution in [3.05, 3.63) is 90.6 Å². The molecule has 2 aliphatic heterocycles. The Morgan fingerprint density at radius 2 is 1.59 bits per heavy atom. The Labute approximate surface area is 184 Å². The summed E-state index contributed by atoms with van der Waals surface area (Å²) in [6, 6.07) is 16.1. The number of hydrogen-bond acceptors (Lipinski definition) is 7. The number of amidine groups is 1. The van der Waals surface area contributed by atoms with Crippen molar-refractivity contribution in [2.75, 3.05) is 6.61 Å². The third-order valence-electron chi connectivity index (χ3n) is 5.93. The van der Waals surface area contributed by atoms with Gasteiger partial charge in [0.2, 0.25) is 0 Å². The summed E-state index contributed by atoms with van der Waals surface area (Å²) in [5.41, 5.74) is 11.0. The topological polar surface area (TPSA) is 95.5 Å². The summed E-state index contributed by atoms with van der Waals surface area (Å²) in [5.74, 6) is 1.40. The Morgan fingerprint density at radius 3 is 2.34 bits per heavy atom. The lowest BCUT2D eigenvalue weighted by Crippen LogP contribution is -2.38. The molecule has 1 aromatic carbocycles. The van der Waals surface area contributed by atoms with Crippen LogP contribution >= 0.6 is 0 Å². The first-order valence-electron chi connectivity index (χ1n) is 10.3. The minimum Gasteiger partial charge on any atom is -0.465 e. The zero-order valence-electron chi connectivity index (χ0n) is 17.1. The Morgan fingerprint density at radius 1 is 0.812 bits per heavy atom. The summed E-state index contributed by atoms with van der Waals surface area (Å²) in [4.78, 5) is 18.0. The highest BCUT2D eigenvalue weighted by Crippen LogP contribution is 2.53. The van der Waals surface area contributed by atoms with Crippen molar-refractivity contribution in [1.82, 2.24) is 15.0 Å². The van der Waals surface area contributed by atoms with E-state index >= 15 is 0 Å². The van der Waals surface area contributed by atoms with E-state index in [9.17, 15) is 0 Å². The number of benzene rings is 1. The summed E-state index contributed by atoms with van der Waals surface area (Å²) in [6.45, 7) is 0.454. The Bertz CT molecular complexity index is 1250. The van der Waals surface area contributed by atoms with Crippen LogP contribution in [0.5, 0.6) is 11.5 Å². The minimum absolute atomic E-state index is 0.168. The van der Waals surface area contributed by atoms with E-state index in [0.29, 0.717) is 18.8 Å². The summed E-state index contributed by atoms with van der Waals surface area (Å²) in [7, 11) is 0. The first-order valence-corrected chi connectivity index (χ1v) is 10.3. The van der Waals surface area contributed by atoms with Crippen LogP contribution in [0.2, 0.25) is 0 Å². The fourth-order valence-corrected chi connectivity index (χ4v) is 4.41. The zero-order chi connectivity index (χ0) is 21.5. The Balaban J connectivity index is 1.58. The maximum Gasteiger partial charge on any atom is 0.283 e. The zero-order valence-corrected chi connectivity index (χ0v) is 17.1. The van der Waals surface area contributed by atoms with Gasteiger partial charge in [0.25, 0.3) is 6.02 Å². The lowest BCUT2D eigenvalue weighted by atomic mass is 9.77. The predicted octanol–water partition coefficient (Wildman–Crippen LogP) is 4.29. The van der Waals surface area contributed by atoms with E-state index in [1.54, 1.807) is 24.8 Å². The number of nitrogens with two attached hydrogens (primary N) is 1. The maximum absolute atomic E-state index is 6.28. The molecule has 0 amide bonds. The van der Waals surface area contributed by atoms with Gasteiger partial charge in [-0.1, -0.05) is 12.1 Å². The Kier molecular flexibility index (Phi) is 4.14.